The minimum atomic E-state index is -8.87. The Bertz CT molecular complexity index is 1710. The van der Waals surface area contributed by atoms with E-state index in [2.05, 4.69) is 4.42 Å². The molecule has 0 amide bonds. The zero-order valence-electron chi connectivity index (χ0n) is 31.1. The maximum absolute atomic E-state index is 14.9. The molecule has 41 heteroatoms. The Labute approximate surface area is 356 Å². The normalized spacial score (nSPS) is 16.7. The van der Waals surface area contributed by atoms with Crippen LogP contribution in [-0.2, 0) is 0 Å². The molecular formula is C28H15F39OSn. The number of halogens is 39. The minimum absolute atomic E-state index is 0.00299. The second-order valence-corrected chi connectivity index (χ2v) is 27.3. The van der Waals surface area contributed by atoms with E-state index >= 15 is 0 Å². The maximum atomic E-state index is 14.9. The van der Waals surface area contributed by atoms with Crippen LogP contribution in [0, 0.1) is 0 Å². The Balaban J connectivity index is 4.31. The van der Waals surface area contributed by atoms with Gasteiger partial charge < -0.3 is 0 Å². The SMILES string of the molecule is FC(F)(F)C(F)(F)C(F)(F)C(F)(F)C(F)(F)C(F)(F)C[CH2][Sn]([CH2]CC(F)(F)C(F)(F)C(F)(F)C(F)(F)C(F)(F)C(F)(F)F)([CH2]CC(F)(F)C(F)(F)C(F)(F)C(F)(F)C(F)(F)C(F)(F)F)[c]1ccco1. The van der Waals surface area contributed by atoms with E-state index in [0.29, 0.717) is 0 Å². The first-order valence-corrected chi connectivity index (χ1v) is 23.9. The first-order chi connectivity index (χ1) is 29.5. The molecule has 0 radical (unpaired) electrons. The van der Waals surface area contributed by atoms with Crippen molar-refractivity contribution in [2.24, 2.45) is 0 Å². The molecule has 0 saturated carbocycles. The van der Waals surface area contributed by atoms with Gasteiger partial charge in [-0.25, -0.2) is 0 Å². The molecule has 410 valence electrons. The summed E-state index contributed by atoms with van der Waals surface area (Å²) in [6.45, 7) is 0. The van der Waals surface area contributed by atoms with Crippen molar-refractivity contribution >= 4 is 22.2 Å². The van der Waals surface area contributed by atoms with Crippen molar-refractivity contribution in [1.82, 2.24) is 0 Å². The molecule has 0 spiro atoms. The molecule has 0 aromatic carbocycles. The van der Waals surface area contributed by atoms with Gasteiger partial charge in [0.1, 0.15) is 0 Å². The summed E-state index contributed by atoms with van der Waals surface area (Å²) in [7, 11) is 0. The molecule has 0 aliphatic rings. The molecule has 69 heavy (non-hydrogen) atoms. The summed E-state index contributed by atoms with van der Waals surface area (Å²) in [5, 5.41) is 0. The van der Waals surface area contributed by atoms with Crippen LogP contribution in [0.3, 0.4) is 0 Å². The molecule has 1 aromatic heterocycles. The molecule has 0 fully saturated rings. The first-order valence-electron chi connectivity index (χ1n) is 16.4. The molecule has 0 atom stereocenters. The van der Waals surface area contributed by atoms with Crippen LogP contribution in [0.2, 0.25) is 13.3 Å². The van der Waals surface area contributed by atoms with Crippen molar-refractivity contribution < 1.29 is 176 Å². The summed E-state index contributed by atoms with van der Waals surface area (Å²) in [4.78, 5) is 0. The number of rotatable bonds is 22. The second-order valence-electron chi connectivity index (χ2n) is 14.3. The van der Waals surface area contributed by atoms with Crippen molar-refractivity contribution in [3.63, 3.8) is 0 Å². The van der Waals surface area contributed by atoms with Gasteiger partial charge in [0.2, 0.25) is 0 Å². The van der Waals surface area contributed by atoms with Crippen LogP contribution >= 0.6 is 0 Å². The van der Waals surface area contributed by atoms with E-state index in [1.807, 2.05) is 0 Å². The predicted octanol–water partition coefficient (Wildman–Crippen LogP) is 15.3. The van der Waals surface area contributed by atoms with Gasteiger partial charge >= 0.3 is 356 Å². The Hall–Kier alpha value is -2.65. The summed E-state index contributed by atoms with van der Waals surface area (Å²) in [5.74, 6) is -128. The van der Waals surface area contributed by atoms with Crippen molar-refractivity contribution in [2.45, 2.75) is 140 Å². The molecule has 0 saturated heterocycles. The van der Waals surface area contributed by atoms with Gasteiger partial charge in [0.25, 0.3) is 0 Å². The molecular weight excluding hydrogens is 1210 g/mol. The molecule has 0 aliphatic carbocycles. The fourth-order valence-electron chi connectivity index (χ4n) is 5.39. The van der Waals surface area contributed by atoms with Gasteiger partial charge in [-0.2, -0.15) is 0 Å². The summed E-state index contributed by atoms with van der Waals surface area (Å²) >= 11 is -8.23. The van der Waals surface area contributed by atoms with Gasteiger partial charge in [0.15, 0.2) is 0 Å². The Kier molecular flexibility index (Phi) is 16.3. The topological polar surface area (TPSA) is 13.1 Å². The van der Waals surface area contributed by atoms with Crippen LogP contribution in [0.4, 0.5) is 171 Å². The number of hydrogen-bond donors (Lipinski definition) is 0. The van der Waals surface area contributed by atoms with Crippen LogP contribution < -0.4 is 3.78 Å². The van der Waals surface area contributed by atoms with E-state index in [-0.39, 0.29) is 18.4 Å². The van der Waals surface area contributed by atoms with E-state index in [0.717, 1.165) is 0 Å². The van der Waals surface area contributed by atoms with Gasteiger partial charge in [-0.05, 0) is 0 Å². The Morgan fingerprint density at radius 2 is 0.464 bits per heavy atom. The molecule has 0 N–H and O–H groups in total. The van der Waals surface area contributed by atoms with Crippen LogP contribution in [-0.4, -0.2) is 126 Å². The molecule has 0 unspecified atom stereocenters. The molecule has 0 aliphatic heterocycles. The molecule has 1 nitrogen and oxygen atoms in total. The quantitative estimate of drug-likeness (QED) is 0.0833. The third-order valence-electron chi connectivity index (χ3n) is 9.79. The van der Waals surface area contributed by atoms with Crippen molar-refractivity contribution in [3.8, 4) is 0 Å². The number of hydrogen-bond acceptors (Lipinski definition) is 1. The fraction of sp³-hybridized carbons (Fsp3) is 0.857. The molecule has 1 rings (SSSR count). The predicted molar refractivity (Wildman–Crippen MR) is 145 cm³/mol. The van der Waals surface area contributed by atoms with Crippen molar-refractivity contribution in [3.05, 3.63) is 18.4 Å². The average molecular weight is 1230 g/mol. The number of furan rings is 1. The number of alkyl halides is 39. The summed E-state index contributed by atoms with van der Waals surface area (Å²) in [6.07, 6.45) is -36.8. The third kappa shape index (κ3) is 9.48. The molecule has 0 bridgehead atoms. The van der Waals surface area contributed by atoms with E-state index in [4.69, 9.17) is 0 Å². The van der Waals surface area contributed by atoms with Crippen LogP contribution in [0.1, 0.15) is 19.3 Å². The monoisotopic (exact) mass is 1230 g/mol. The first kappa shape index (κ1) is 64.4. The summed E-state index contributed by atoms with van der Waals surface area (Å²) in [6, 6.07) is -0.312. The van der Waals surface area contributed by atoms with Gasteiger partial charge in [0, 0.05) is 0 Å². The average Bonchev–Trinajstić information content (AvgIpc) is 3.68. The van der Waals surface area contributed by atoms with E-state index < -0.39 is 162 Å². The standard InChI is InChI=1S/3C8H4F13.C4H3O.Sn/c3*1-2-3(9,10)4(11,12)5(13,14)6(15,16)7(17,18)8(19,20)21;1-2-4-5-3-1;/h3*1-2H2;1-3H;. The van der Waals surface area contributed by atoms with Crippen LogP contribution in [0.5, 0.6) is 0 Å². The second kappa shape index (κ2) is 17.5. The van der Waals surface area contributed by atoms with Gasteiger partial charge in [-0.3, -0.25) is 0 Å². The summed E-state index contributed by atoms with van der Waals surface area (Å²) < 4.78 is 528. The van der Waals surface area contributed by atoms with E-state index in [9.17, 15) is 171 Å². The fourth-order valence-corrected chi connectivity index (χ4v) is 18.6. The van der Waals surface area contributed by atoms with Crippen molar-refractivity contribution in [2.75, 3.05) is 0 Å². The summed E-state index contributed by atoms with van der Waals surface area (Å²) in [5.41, 5.74) is 0. The third-order valence-corrected chi connectivity index (χ3v) is 23.9. The molecule has 1 aromatic rings. The van der Waals surface area contributed by atoms with Crippen molar-refractivity contribution in [1.29, 1.82) is 0 Å². The Morgan fingerprint density at radius 3 is 0.623 bits per heavy atom. The van der Waals surface area contributed by atoms with Gasteiger partial charge in [0.05, 0.1) is 0 Å². The molecule has 1 heterocycles. The van der Waals surface area contributed by atoms with Gasteiger partial charge in [-0.1, -0.05) is 0 Å². The van der Waals surface area contributed by atoms with Crippen LogP contribution in [0.25, 0.3) is 0 Å². The van der Waals surface area contributed by atoms with E-state index in [1.54, 1.807) is 0 Å². The van der Waals surface area contributed by atoms with Crippen LogP contribution in [0.15, 0.2) is 22.8 Å². The zero-order chi connectivity index (χ0) is 56.1. The Morgan fingerprint density at radius 1 is 0.275 bits per heavy atom. The zero-order valence-corrected chi connectivity index (χ0v) is 34.0. The van der Waals surface area contributed by atoms with E-state index in [1.165, 1.54) is 0 Å². The van der Waals surface area contributed by atoms with Gasteiger partial charge in [-0.15, -0.1) is 0 Å².